The number of carbonyl (C=O) groups excluding carboxylic acids is 2. The summed E-state index contributed by atoms with van der Waals surface area (Å²) in [5, 5.41) is 3.39. The summed E-state index contributed by atoms with van der Waals surface area (Å²) in [7, 11) is -3.98. The first kappa shape index (κ1) is 34.9. The number of hydrogen-bond donors (Lipinski definition) is 1. The Morgan fingerprint density at radius 1 is 0.977 bits per heavy atom. The Kier molecular flexibility index (Phi) is 12.2. The predicted molar refractivity (Wildman–Crippen MR) is 167 cm³/mol. The van der Waals surface area contributed by atoms with Crippen LogP contribution < -0.4 is 9.62 Å². The fourth-order valence-electron chi connectivity index (χ4n) is 4.65. The molecule has 0 fully saturated rings. The summed E-state index contributed by atoms with van der Waals surface area (Å²) in [4.78, 5) is 29.0. The third-order valence-electron chi connectivity index (χ3n) is 7.18. The molecule has 0 aliphatic heterocycles. The van der Waals surface area contributed by atoms with Gasteiger partial charge in [0.05, 0.1) is 17.5 Å². The van der Waals surface area contributed by atoms with Gasteiger partial charge in [0, 0.05) is 37.0 Å². The SMILES string of the molecule is CC[C@H](C)NC(=O)[C@H](Cc1ccccc1)N(Cc1ccccc1Cl)C(=O)CCCN(c1cccc(C(F)(F)F)c1)S(C)(=O)=O. The van der Waals surface area contributed by atoms with Gasteiger partial charge in [-0.25, -0.2) is 8.42 Å². The number of rotatable bonds is 14. The largest absolute Gasteiger partial charge is 0.416 e. The second-order valence-electron chi connectivity index (χ2n) is 10.6. The molecular formula is C32H37ClF3N3O4S. The summed E-state index contributed by atoms with van der Waals surface area (Å²) in [5.74, 6) is -0.770. The molecule has 0 aliphatic rings. The van der Waals surface area contributed by atoms with E-state index >= 15 is 0 Å². The molecule has 1 N–H and O–H groups in total. The minimum atomic E-state index is -4.65. The van der Waals surface area contributed by atoms with Gasteiger partial charge in [-0.15, -0.1) is 0 Å². The maximum Gasteiger partial charge on any atom is 0.416 e. The summed E-state index contributed by atoms with van der Waals surface area (Å²) in [6.45, 7) is 3.58. The van der Waals surface area contributed by atoms with E-state index in [0.29, 0.717) is 17.0 Å². The molecule has 3 aromatic carbocycles. The number of amides is 2. The maximum absolute atomic E-state index is 13.9. The lowest BCUT2D eigenvalue weighted by atomic mass is 10.0. The number of benzene rings is 3. The Balaban J connectivity index is 1.91. The van der Waals surface area contributed by atoms with E-state index in [4.69, 9.17) is 11.6 Å². The van der Waals surface area contributed by atoms with E-state index in [1.807, 2.05) is 44.2 Å². The number of halogens is 4. The van der Waals surface area contributed by atoms with E-state index in [0.717, 1.165) is 34.3 Å². The predicted octanol–water partition coefficient (Wildman–Crippen LogP) is 6.46. The van der Waals surface area contributed by atoms with Gasteiger partial charge in [0.2, 0.25) is 21.8 Å². The number of hydrogen-bond acceptors (Lipinski definition) is 4. The van der Waals surface area contributed by atoms with Crippen LogP contribution in [0.3, 0.4) is 0 Å². The van der Waals surface area contributed by atoms with Crippen LogP contribution in [-0.2, 0) is 38.8 Å². The number of sulfonamides is 1. The van der Waals surface area contributed by atoms with Crippen molar-refractivity contribution in [2.75, 3.05) is 17.1 Å². The van der Waals surface area contributed by atoms with Gasteiger partial charge in [-0.05, 0) is 55.2 Å². The molecule has 7 nitrogen and oxygen atoms in total. The molecule has 0 unspecified atom stereocenters. The Morgan fingerprint density at radius 3 is 2.25 bits per heavy atom. The van der Waals surface area contributed by atoms with Crippen LogP contribution in [-0.4, -0.2) is 50.0 Å². The van der Waals surface area contributed by atoms with Crippen LogP contribution in [0, 0.1) is 0 Å². The molecule has 2 atom stereocenters. The van der Waals surface area contributed by atoms with Crippen molar-refractivity contribution < 1.29 is 31.2 Å². The highest BCUT2D eigenvalue weighted by Crippen LogP contribution is 2.32. The third kappa shape index (κ3) is 9.99. The van der Waals surface area contributed by atoms with E-state index in [2.05, 4.69) is 5.32 Å². The van der Waals surface area contributed by atoms with Gasteiger partial charge in [0.25, 0.3) is 0 Å². The van der Waals surface area contributed by atoms with Crippen LogP contribution in [0.15, 0.2) is 78.9 Å². The summed E-state index contributed by atoms with van der Waals surface area (Å²) in [6.07, 6.45) is -3.03. The van der Waals surface area contributed by atoms with Crippen molar-refractivity contribution in [3.05, 3.63) is 101 Å². The van der Waals surface area contributed by atoms with Crippen molar-refractivity contribution >= 4 is 39.1 Å². The minimum Gasteiger partial charge on any atom is -0.352 e. The molecule has 12 heteroatoms. The second-order valence-corrected chi connectivity index (χ2v) is 12.9. The summed E-state index contributed by atoms with van der Waals surface area (Å²) < 4.78 is 66.0. The molecule has 2 amide bonds. The van der Waals surface area contributed by atoms with E-state index in [9.17, 15) is 31.2 Å². The smallest absolute Gasteiger partial charge is 0.352 e. The Bertz CT molecular complexity index is 1520. The number of nitrogens with zero attached hydrogens (tertiary/aromatic N) is 2. The normalized spacial score (nSPS) is 13.2. The highest BCUT2D eigenvalue weighted by molar-refractivity contribution is 7.92. The second kappa shape index (κ2) is 15.4. The first-order chi connectivity index (χ1) is 20.7. The maximum atomic E-state index is 13.9. The number of carbonyl (C=O) groups is 2. The first-order valence-corrected chi connectivity index (χ1v) is 16.5. The summed E-state index contributed by atoms with van der Waals surface area (Å²) >= 11 is 6.44. The van der Waals surface area contributed by atoms with Crippen molar-refractivity contribution in [3.8, 4) is 0 Å². The zero-order valence-electron chi connectivity index (χ0n) is 24.9. The van der Waals surface area contributed by atoms with Crippen LogP contribution in [0.4, 0.5) is 18.9 Å². The van der Waals surface area contributed by atoms with Gasteiger partial charge in [0.1, 0.15) is 6.04 Å². The van der Waals surface area contributed by atoms with Gasteiger partial charge in [-0.3, -0.25) is 13.9 Å². The number of alkyl halides is 3. The number of nitrogens with one attached hydrogen (secondary N) is 1. The van der Waals surface area contributed by atoms with Crippen molar-refractivity contribution in [2.45, 2.75) is 64.3 Å². The lowest BCUT2D eigenvalue weighted by Gasteiger charge is -2.33. The first-order valence-electron chi connectivity index (χ1n) is 14.2. The zero-order valence-corrected chi connectivity index (χ0v) is 26.4. The molecule has 0 radical (unpaired) electrons. The molecule has 0 aromatic heterocycles. The van der Waals surface area contributed by atoms with Gasteiger partial charge in [-0.1, -0.05) is 73.1 Å². The van der Waals surface area contributed by atoms with Gasteiger partial charge < -0.3 is 10.2 Å². The molecule has 0 saturated carbocycles. The average molecular weight is 652 g/mol. The van der Waals surface area contributed by atoms with Crippen LogP contribution in [0.5, 0.6) is 0 Å². The summed E-state index contributed by atoms with van der Waals surface area (Å²) in [5.41, 5.74) is 0.319. The molecule has 0 saturated heterocycles. The Labute approximate surface area is 262 Å². The molecule has 0 spiro atoms. The highest BCUT2D eigenvalue weighted by Gasteiger charge is 2.33. The average Bonchev–Trinajstić information content (AvgIpc) is 2.97. The lowest BCUT2D eigenvalue weighted by Crippen LogP contribution is -2.52. The molecule has 44 heavy (non-hydrogen) atoms. The fourth-order valence-corrected chi connectivity index (χ4v) is 5.80. The van der Waals surface area contributed by atoms with Crippen LogP contribution in [0.1, 0.15) is 49.8 Å². The minimum absolute atomic E-state index is 0.00773. The van der Waals surface area contributed by atoms with E-state index in [1.165, 1.54) is 11.0 Å². The highest BCUT2D eigenvalue weighted by atomic mass is 35.5. The summed E-state index contributed by atoms with van der Waals surface area (Å²) in [6, 6.07) is 19.2. The topological polar surface area (TPSA) is 86.8 Å². The van der Waals surface area contributed by atoms with Gasteiger partial charge in [0.15, 0.2) is 0 Å². The van der Waals surface area contributed by atoms with Crippen LogP contribution >= 0.6 is 11.6 Å². The van der Waals surface area contributed by atoms with Gasteiger partial charge >= 0.3 is 6.18 Å². The molecule has 3 aromatic rings. The monoisotopic (exact) mass is 651 g/mol. The standard InChI is InChI=1S/C32H37ClF3N3O4S/c1-4-23(2)37-31(41)29(20-24-12-6-5-7-13-24)38(22-25-14-8-9-17-28(25)33)30(40)18-11-19-39(44(3,42)43)27-16-10-15-26(21-27)32(34,35)36/h5-10,12-17,21,23,29H,4,11,18-20,22H2,1-3H3,(H,37,41)/t23-,29-/m0/s1. The molecule has 0 bridgehead atoms. The van der Waals surface area contributed by atoms with Gasteiger partial charge in [-0.2, -0.15) is 13.2 Å². The molecule has 3 rings (SSSR count). The van der Waals surface area contributed by atoms with E-state index < -0.39 is 33.7 Å². The molecule has 238 valence electrons. The Morgan fingerprint density at radius 2 is 1.64 bits per heavy atom. The van der Waals surface area contributed by atoms with Crippen molar-refractivity contribution in [2.24, 2.45) is 0 Å². The Hall–Kier alpha value is -3.57. The third-order valence-corrected chi connectivity index (χ3v) is 8.75. The molecule has 0 aliphatic carbocycles. The van der Waals surface area contributed by atoms with Crippen molar-refractivity contribution in [3.63, 3.8) is 0 Å². The molecule has 0 heterocycles. The molecular weight excluding hydrogens is 615 g/mol. The van der Waals surface area contributed by atoms with Crippen LogP contribution in [0.2, 0.25) is 5.02 Å². The zero-order chi connectivity index (χ0) is 32.5. The number of anilines is 1. The van der Waals surface area contributed by atoms with Crippen molar-refractivity contribution in [1.29, 1.82) is 0 Å². The quantitative estimate of drug-likeness (QED) is 0.217. The van der Waals surface area contributed by atoms with E-state index in [1.54, 1.807) is 24.3 Å². The van der Waals surface area contributed by atoms with E-state index in [-0.39, 0.29) is 50.0 Å². The fraction of sp³-hybridized carbons (Fsp3) is 0.375. The van der Waals surface area contributed by atoms with Crippen molar-refractivity contribution in [1.82, 2.24) is 10.2 Å². The lowest BCUT2D eigenvalue weighted by molar-refractivity contribution is -0.141. The van der Waals surface area contributed by atoms with Crippen LogP contribution in [0.25, 0.3) is 0 Å².